The summed E-state index contributed by atoms with van der Waals surface area (Å²) in [6.45, 7) is 2.01. The molecule has 0 bridgehead atoms. The van der Waals surface area contributed by atoms with Gasteiger partial charge in [0.2, 0.25) is 11.7 Å². The summed E-state index contributed by atoms with van der Waals surface area (Å²) in [5, 5.41) is 25.6. The van der Waals surface area contributed by atoms with E-state index in [0.29, 0.717) is 17.3 Å². The zero-order valence-electron chi connectivity index (χ0n) is 10.2. The van der Waals surface area contributed by atoms with Gasteiger partial charge in [-0.2, -0.15) is 4.98 Å². The molecule has 0 aliphatic heterocycles. The van der Waals surface area contributed by atoms with Gasteiger partial charge in [-0.1, -0.05) is 12.1 Å². The number of phenols is 2. The molecule has 96 valence electrons. The van der Waals surface area contributed by atoms with E-state index in [1.165, 1.54) is 12.1 Å². The molecule has 18 heavy (non-hydrogen) atoms. The summed E-state index contributed by atoms with van der Waals surface area (Å²) >= 11 is 0. The lowest BCUT2D eigenvalue weighted by Crippen LogP contribution is -2.15. The van der Waals surface area contributed by atoms with Gasteiger partial charge in [0.25, 0.3) is 0 Å². The number of nitrogens with one attached hydrogen (secondary N) is 1. The fraction of sp³-hybridized carbons (Fsp3) is 0.333. The van der Waals surface area contributed by atoms with Crippen LogP contribution in [0.2, 0.25) is 0 Å². The maximum Gasteiger partial charge on any atom is 0.244 e. The standard InChI is InChI=1S/C12H15N3O3/c1-3-8(13-2)12-14-11(15-18-12)7-4-5-9(16)10(17)6-7/h4-6,8,13,16-17H,3H2,1-2H3. The van der Waals surface area contributed by atoms with E-state index in [9.17, 15) is 10.2 Å². The third-order valence-electron chi connectivity index (χ3n) is 2.73. The summed E-state index contributed by atoms with van der Waals surface area (Å²) in [6, 6.07) is 4.40. The lowest BCUT2D eigenvalue weighted by atomic mass is 10.2. The van der Waals surface area contributed by atoms with Gasteiger partial charge in [0, 0.05) is 5.56 Å². The number of rotatable bonds is 4. The largest absolute Gasteiger partial charge is 0.504 e. The number of nitrogens with zero attached hydrogens (tertiary/aromatic N) is 2. The van der Waals surface area contributed by atoms with E-state index < -0.39 is 0 Å². The van der Waals surface area contributed by atoms with Crippen LogP contribution in [0, 0.1) is 0 Å². The molecule has 0 amide bonds. The number of hydrogen-bond donors (Lipinski definition) is 3. The van der Waals surface area contributed by atoms with Crippen molar-refractivity contribution in [1.82, 2.24) is 15.5 Å². The van der Waals surface area contributed by atoms with Crippen molar-refractivity contribution in [2.45, 2.75) is 19.4 Å². The molecule has 0 aliphatic carbocycles. The zero-order chi connectivity index (χ0) is 13.1. The molecule has 0 fully saturated rings. The highest BCUT2D eigenvalue weighted by molar-refractivity contribution is 5.59. The van der Waals surface area contributed by atoms with E-state index in [0.717, 1.165) is 6.42 Å². The minimum Gasteiger partial charge on any atom is -0.504 e. The fourth-order valence-corrected chi connectivity index (χ4v) is 1.66. The van der Waals surface area contributed by atoms with Gasteiger partial charge in [-0.3, -0.25) is 0 Å². The lowest BCUT2D eigenvalue weighted by Gasteiger charge is -2.06. The van der Waals surface area contributed by atoms with Crippen molar-refractivity contribution >= 4 is 0 Å². The fourth-order valence-electron chi connectivity index (χ4n) is 1.66. The van der Waals surface area contributed by atoms with Crippen LogP contribution in [0.5, 0.6) is 11.5 Å². The van der Waals surface area contributed by atoms with E-state index in [-0.39, 0.29) is 17.5 Å². The summed E-state index contributed by atoms with van der Waals surface area (Å²) in [6.07, 6.45) is 0.832. The van der Waals surface area contributed by atoms with Crippen molar-refractivity contribution in [1.29, 1.82) is 0 Å². The number of aromatic hydroxyl groups is 2. The lowest BCUT2D eigenvalue weighted by molar-refractivity contribution is 0.334. The van der Waals surface area contributed by atoms with Crippen molar-refractivity contribution in [3.63, 3.8) is 0 Å². The van der Waals surface area contributed by atoms with Gasteiger partial charge >= 0.3 is 0 Å². The number of hydrogen-bond acceptors (Lipinski definition) is 6. The summed E-state index contributed by atoms with van der Waals surface area (Å²) in [7, 11) is 1.82. The third-order valence-corrected chi connectivity index (χ3v) is 2.73. The average Bonchev–Trinajstić information content (AvgIpc) is 2.84. The Morgan fingerprint density at radius 1 is 1.33 bits per heavy atom. The summed E-state index contributed by atoms with van der Waals surface area (Å²) < 4.78 is 5.17. The van der Waals surface area contributed by atoms with Gasteiger partial charge in [0.05, 0.1) is 6.04 Å². The molecule has 2 aromatic rings. The SMILES string of the molecule is CCC(NC)c1nc(-c2ccc(O)c(O)c2)no1. The molecule has 0 aliphatic rings. The van der Waals surface area contributed by atoms with Crippen molar-refractivity contribution in [3.05, 3.63) is 24.1 Å². The van der Waals surface area contributed by atoms with E-state index >= 15 is 0 Å². The van der Waals surface area contributed by atoms with Crippen LogP contribution in [0.1, 0.15) is 25.3 Å². The topological polar surface area (TPSA) is 91.4 Å². The van der Waals surface area contributed by atoms with Crippen LogP contribution >= 0.6 is 0 Å². The van der Waals surface area contributed by atoms with Crippen molar-refractivity contribution in [2.75, 3.05) is 7.05 Å². The molecular weight excluding hydrogens is 234 g/mol. The number of phenolic OH excluding ortho intramolecular Hbond substituents is 2. The minimum atomic E-state index is -0.209. The van der Waals surface area contributed by atoms with Gasteiger partial charge < -0.3 is 20.1 Å². The van der Waals surface area contributed by atoms with Gasteiger partial charge in [-0.15, -0.1) is 0 Å². The molecule has 6 nitrogen and oxygen atoms in total. The molecule has 0 saturated heterocycles. The van der Waals surface area contributed by atoms with Crippen LogP contribution in [-0.4, -0.2) is 27.4 Å². The van der Waals surface area contributed by atoms with Crippen molar-refractivity contribution in [3.8, 4) is 22.9 Å². The summed E-state index contributed by atoms with van der Waals surface area (Å²) in [4.78, 5) is 4.26. The molecule has 1 aromatic carbocycles. The summed E-state index contributed by atoms with van der Waals surface area (Å²) in [5.41, 5.74) is 0.589. The first-order chi connectivity index (χ1) is 8.65. The van der Waals surface area contributed by atoms with Crippen LogP contribution in [0.15, 0.2) is 22.7 Å². The van der Waals surface area contributed by atoms with Gasteiger partial charge in [0.1, 0.15) is 0 Å². The maximum atomic E-state index is 9.42. The van der Waals surface area contributed by atoms with Crippen LogP contribution in [-0.2, 0) is 0 Å². The van der Waals surface area contributed by atoms with E-state index in [1.54, 1.807) is 6.07 Å². The minimum absolute atomic E-state index is 0.0111. The van der Waals surface area contributed by atoms with E-state index in [1.807, 2.05) is 14.0 Å². The molecule has 6 heteroatoms. The number of benzene rings is 1. The molecule has 0 spiro atoms. The Hall–Kier alpha value is -2.08. The van der Waals surface area contributed by atoms with Crippen LogP contribution < -0.4 is 5.32 Å². The van der Waals surface area contributed by atoms with E-state index in [2.05, 4.69) is 15.5 Å². The second-order valence-electron chi connectivity index (χ2n) is 3.91. The molecule has 0 radical (unpaired) electrons. The highest BCUT2D eigenvalue weighted by Gasteiger charge is 2.16. The molecule has 1 heterocycles. The molecule has 1 aromatic heterocycles. The van der Waals surface area contributed by atoms with E-state index in [4.69, 9.17) is 4.52 Å². The second-order valence-corrected chi connectivity index (χ2v) is 3.91. The average molecular weight is 249 g/mol. The Bertz CT molecular complexity index is 535. The quantitative estimate of drug-likeness (QED) is 0.716. The van der Waals surface area contributed by atoms with Gasteiger partial charge in [-0.25, -0.2) is 0 Å². The van der Waals surface area contributed by atoms with Crippen LogP contribution in [0.3, 0.4) is 0 Å². The number of aromatic nitrogens is 2. The molecule has 2 rings (SSSR count). The Kier molecular flexibility index (Phi) is 3.47. The normalized spacial score (nSPS) is 12.6. The smallest absolute Gasteiger partial charge is 0.244 e. The van der Waals surface area contributed by atoms with Crippen LogP contribution in [0.4, 0.5) is 0 Å². The Morgan fingerprint density at radius 2 is 2.11 bits per heavy atom. The van der Waals surface area contributed by atoms with Crippen molar-refractivity contribution in [2.24, 2.45) is 0 Å². The predicted molar refractivity (Wildman–Crippen MR) is 65.2 cm³/mol. The van der Waals surface area contributed by atoms with Crippen LogP contribution in [0.25, 0.3) is 11.4 Å². The highest BCUT2D eigenvalue weighted by Crippen LogP contribution is 2.29. The van der Waals surface area contributed by atoms with Gasteiger partial charge in [0.15, 0.2) is 11.5 Å². The molecule has 1 atom stereocenters. The monoisotopic (exact) mass is 249 g/mol. The molecule has 1 unspecified atom stereocenters. The first kappa shape index (κ1) is 12.4. The Morgan fingerprint density at radius 3 is 2.72 bits per heavy atom. The first-order valence-electron chi connectivity index (χ1n) is 5.69. The Labute approximate surface area is 104 Å². The highest BCUT2D eigenvalue weighted by atomic mass is 16.5. The predicted octanol–water partition coefficient (Wildman–Crippen LogP) is 1.82. The first-order valence-corrected chi connectivity index (χ1v) is 5.69. The molecule has 0 saturated carbocycles. The molecule has 3 N–H and O–H groups in total. The third kappa shape index (κ3) is 2.28. The Balaban J connectivity index is 2.31. The summed E-state index contributed by atoms with van der Waals surface area (Å²) in [5.74, 6) is 0.500. The maximum absolute atomic E-state index is 9.42. The zero-order valence-corrected chi connectivity index (χ0v) is 10.2. The second kappa shape index (κ2) is 5.05. The molecular formula is C12H15N3O3. The van der Waals surface area contributed by atoms with Crippen molar-refractivity contribution < 1.29 is 14.7 Å². The van der Waals surface area contributed by atoms with Gasteiger partial charge in [-0.05, 0) is 31.7 Å².